The van der Waals surface area contributed by atoms with E-state index in [1.54, 1.807) is 48.5 Å². The molecule has 0 unspecified atom stereocenters. The number of hydrogen-bond acceptors (Lipinski definition) is 3. The van der Waals surface area contributed by atoms with Gasteiger partial charge in [0.1, 0.15) is 12.4 Å². The number of benzene rings is 3. The van der Waals surface area contributed by atoms with Gasteiger partial charge in [0.2, 0.25) is 0 Å². The third-order valence-electron chi connectivity index (χ3n) is 3.80. The predicted molar refractivity (Wildman–Crippen MR) is 114 cm³/mol. The fraction of sp³-hybridized carbons (Fsp3) is 0.0476. The maximum Gasteiger partial charge on any atom is 0.271 e. The average Bonchev–Trinajstić information content (AvgIpc) is 2.69. The summed E-state index contributed by atoms with van der Waals surface area (Å²) in [6, 6.07) is 15.5. The summed E-state index contributed by atoms with van der Waals surface area (Å²) in [6.45, 7) is 0.185. The minimum Gasteiger partial charge on any atom is -0.486 e. The molecular weight excluding hydrogens is 438 g/mol. The third kappa shape index (κ3) is 5.94. The molecule has 3 aromatic carbocycles. The maximum absolute atomic E-state index is 13.0. The van der Waals surface area contributed by atoms with Crippen molar-refractivity contribution in [3.63, 3.8) is 0 Å². The fourth-order valence-electron chi connectivity index (χ4n) is 2.36. The van der Waals surface area contributed by atoms with Crippen LogP contribution in [0.25, 0.3) is 0 Å². The second kappa shape index (κ2) is 9.74. The van der Waals surface area contributed by atoms with Gasteiger partial charge in [-0.1, -0.05) is 46.9 Å². The molecule has 0 aliphatic rings. The molecule has 0 aromatic heterocycles. The number of hydrogen-bond donors (Lipinski definition) is 1. The molecule has 0 aliphatic heterocycles. The Morgan fingerprint density at radius 1 is 1.00 bits per heavy atom. The fourth-order valence-corrected chi connectivity index (χ4v) is 3.10. The van der Waals surface area contributed by atoms with E-state index in [0.717, 1.165) is 5.56 Å². The van der Waals surface area contributed by atoms with Gasteiger partial charge in [0.15, 0.2) is 5.75 Å². The number of amides is 1. The highest BCUT2D eigenvalue weighted by Gasteiger charge is 2.10. The van der Waals surface area contributed by atoms with E-state index >= 15 is 0 Å². The highest BCUT2D eigenvalue weighted by molar-refractivity contribution is 6.37. The Kier molecular flexibility index (Phi) is 7.09. The standard InChI is InChI=1S/C21H14Cl3FN2O2/c22-16-5-3-15(4-6-16)21(28)27-26-11-14-9-18(23)20(19(24)10-14)29-12-13-1-7-17(25)8-2-13/h1-11H,12H2,(H,27,28)/b26-11-. The van der Waals surface area contributed by atoms with E-state index < -0.39 is 0 Å². The topological polar surface area (TPSA) is 50.7 Å². The van der Waals surface area contributed by atoms with Gasteiger partial charge in [-0.15, -0.1) is 0 Å². The molecule has 0 bridgehead atoms. The maximum atomic E-state index is 13.0. The van der Waals surface area contributed by atoms with Crippen LogP contribution in [0.5, 0.6) is 5.75 Å². The van der Waals surface area contributed by atoms with Gasteiger partial charge in [-0.05, 0) is 59.7 Å². The normalized spacial score (nSPS) is 10.9. The van der Waals surface area contributed by atoms with Gasteiger partial charge in [0.25, 0.3) is 5.91 Å². The first kappa shape index (κ1) is 21.1. The smallest absolute Gasteiger partial charge is 0.271 e. The van der Waals surface area contributed by atoms with Crippen molar-refractivity contribution in [1.29, 1.82) is 0 Å². The lowest BCUT2D eigenvalue weighted by Crippen LogP contribution is -2.17. The molecule has 0 fully saturated rings. The van der Waals surface area contributed by atoms with Crippen LogP contribution in [-0.4, -0.2) is 12.1 Å². The predicted octanol–water partition coefficient (Wildman–Crippen LogP) is 6.13. The lowest BCUT2D eigenvalue weighted by atomic mass is 10.2. The molecule has 3 aromatic rings. The molecule has 0 atom stereocenters. The number of carbonyl (C=O) groups is 1. The highest BCUT2D eigenvalue weighted by atomic mass is 35.5. The van der Waals surface area contributed by atoms with E-state index in [0.29, 0.717) is 21.9 Å². The Bertz CT molecular complexity index is 1020. The van der Waals surface area contributed by atoms with Crippen molar-refractivity contribution in [2.75, 3.05) is 0 Å². The number of carbonyl (C=O) groups excluding carboxylic acids is 1. The zero-order valence-electron chi connectivity index (χ0n) is 14.8. The van der Waals surface area contributed by atoms with Crippen LogP contribution in [0.3, 0.4) is 0 Å². The van der Waals surface area contributed by atoms with Crippen molar-refractivity contribution in [1.82, 2.24) is 5.43 Å². The number of rotatable bonds is 6. The molecule has 0 spiro atoms. The van der Waals surface area contributed by atoms with E-state index in [4.69, 9.17) is 39.5 Å². The Balaban J connectivity index is 1.63. The van der Waals surface area contributed by atoms with E-state index in [-0.39, 0.29) is 28.4 Å². The number of nitrogens with zero attached hydrogens (tertiary/aromatic N) is 1. The van der Waals surface area contributed by atoms with Crippen LogP contribution in [0.2, 0.25) is 15.1 Å². The van der Waals surface area contributed by atoms with E-state index in [1.807, 2.05) is 0 Å². The molecule has 0 saturated heterocycles. The summed E-state index contributed by atoms with van der Waals surface area (Å²) in [4.78, 5) is 12.0. The summed E-state index contributed by atoms with van der Waals surface area (Å²) in [5, 5.41) is 5.01. The van der Waals surface area contributed by atoms with Crippen LogP contribution in [0.15, 0.2) is 65.8 Å². The van der Waals surface area contributed by atoms with Crippen molar-refractivity contribution in [2.24, 2.45) is 5.10 Å². The molecule has 0 aliphatic carbocycles. The van der Waals surface area contributed by atoms with E-state index in [1.165, 1.54) is 18.3 Å². The minimum absolute atomic E-state index is 0.185. The van der Waals surface area contributed by atoms with Gasteiger partial charge in [-0.25, -0.2) is 9.82 Å². The quantitative estimate of drug-likeness (QED) is 0.362. The zero-order valence-corrected chi connectivity index (χ0v) is 17.1. The molecule has 0 radical (unpaired) electrons. The summed E-state index contributed by atoms with van der Waals surface area (Å²) in [6.07, 6.45) is 1.41. The summed E-state index contributed by atoms with van der Waals surface area (Å²) < 4.78 is 18.6. The molecule has 8 heteroatoms. The van der Waals surface area contributed by atoms with Crippen LogP contribution in [0.4, 0.5) is 4.39 Å². The van der Waals surface area contributed by atoms with Crippen molar-refractivity contribution in [2.45, 2.75) is 6.61 Å². The molecule has 0 saturated carbocycles. The SMILES string of the molecule is O=C(N/N=C\c1cc(Cl)c(OCc2ccc(F)cc2)c(Cl)c1)c1ccc(Cl)cc1. The first-order valence-electron chi connectivity index (χ1n) is 8.37. The molecule has 1 amide bonds. The van der Waals surface area contributed by atoms with Gasteiger partial charge < -0.3 is 4.74 Å². The molecule has 29 heavy (non-hydrogen) atoms. The molecule has 3 rings (SSSR count). The number of nitrogens with one attached hydrogen (secondary N) is 1. The average molecular weight is 452 g/mol. The number of ether oxygens (including phenoxy) is 1. The molecular formula is C21H14Cl3FN2O2. The van der Waals surface area contributed by atoms with Crippen LogP contribution < -0.4 is 10.2 Å². The Morgan fingerprint density at radius 3 is 2.24 bits per heavy atom. The largest absolute Gasteiger partial charge is 0.486 e. The van der Waals surface area contributed by atoms with Crippen LogP contribution in [-0.2, 0) is 6.61 Å². The van der Waals surface area contributed by atoms with E-state index in [2.05, 4.69) is 10.5 Å². The lowest BCUT2D eigenvalue weighted by molar-refractivity contribution is 0.0955. The Labute approximate surface area is 181 Å². The van der Waals surface area contributed by atoms with Crippen LogP contribution in [0.1, 0.15) is 21.5 Å². The van der Waals surface area contributed by atoms with Gasteiger partial charge in [0, 0.05) is 10.6 Å². The van der Waals surface area contributed by atoms with Gasteiger partial charge in [0.05, 0.1) is 16.3 Å². The lowest BCUT2D eigenvalue weighted by Gasteiger charge is -2.11. The highest BCUT2D eigenvalue weighted by Crippen LogP contribution is 2.34. The van der Waals surface area contributed by atoms with E-state index in [9.17, 15) is 9.18 Å². The van der Waals surface area contributed by atoms with Crippen molar-refractivity contribution in [3.8, 4) is 5.75 Å². The first-order valence-corrected chi connectivity index (χ1v) is 9.51. The van der Waals surface area contributed by atoms with Crippen molar-refractivity contribution in [3.05, 3.63) is 98.2 Å². The number of hydrazone groups is 1. The van der Waals surface area contributed by atoms with Gasteiger partial charge >= 0.3 is 0 Å². The second-order valence-electron chi connectivity index (χ2n) is 5.93. The summed E-state index contributed by atoms with van der Waals surface area (Å²) in [5.41, 5.74) is 4.18. The third-order valence-corrected chi connectivity index (χ3v) is 4.62. The van der Waals surface area contributed by atoms with Gasteiger partial charge in [-0.3, -0.25) is 4.79 Å². The second-order valence-corrected chi connectivity index (χ2v) is 7.19. The van der Waals surface area contributed by atoms with Crippen LogP contribution in [0, 0.1) is 5.82 Å². The summed E-state index contributed by atoms with van der Waals surface area (Å²) >= 11 is 18.3. The molecule has 1 N–H and O–H groups in total. The zero-order chi connectivity index (χ0) is 20.8. The van der Waals surface area contributed by atoms with Crippen molar-refractivity contribution < 1.29 is 13.9 Å². The van der Waals surface area contributed by atoms with Crippen LogP contribution >= 0.6 is 34.8 Å². The number of halogens is 4. The molecule has 148 valence electrons. The molecule has 0 heterocycles. The summed E-state index contributed by atoms with van der Waals surface area (Å²) in [7, 11) is 0. The summed E-state index contributed by atoms with van der Waals surface area (Å²) in [5.74, 6) is -0.397. The monoisotopic (exact) mass is 450 g/mol. The Morgan fingerprint density at radius 2 is 1.62 bits per heavy atom. The van der Waals surface area contributed by atoms with Crippen molar-refractivity contribution >= 4 is 46.9 Å². The Hall–Kier alpha value is -2.60. The first-order chi connectivity index (χ1) is 13.9. The van der Waals surface area contributed by atoms with Gasteiger partial charge in [-0.2, -0.15) is 5.10 Å². The molecule has 4 nitrogen and oxygen atoms in total. The minimum atomic E-state index is -0.380.